The van der Waals surface area contributed by atoms with Gasteiger partial charge in [0.1, 0.15) is 11.0 Å². The smallest absolute Gasteiger partial charge is 0.311 e. The molecule has 2 rings (SSSR count). The summed E-state index contributed by atoms with van der Waals surface area (Å²) in [5.41, 5.74) is 6.81. The van der Waals surface area contributed by atoms with E-state index in [1.54, 1.807) is 54.6 Å². The van der Waals surface area contributed by atoms with Crippen LogP contribution in [0.1, 0.15) is 49.0 Å². The SMILES string of the molecule is CCCC(=N)c1ccc(OC(=O)CCC(c2ccccc2)S(=O)(=O)NCC(N)=O)cc1. The number of nitrogens with two attached hydrogens (primary N) is 1. The van der Waals surface area contributed by atoms with Crippen molar-refractivity contribution in [3.05, 3.63) is 65.7 Å². The normalized spacial score (nSPS) is 12.2. The molecular weight excluding hydrogens is 418 g/mol. The second kappa shape index (κ2) is 11.4. The van der Waals surface area contributed by atoms with Gasteiger partial charge in [-0.05, 0) is 48.2 Å². The van der Waals surface area contributed by atoms with Gasteiger partial charge in [0.05, 0.1) is 6.54 Å². The summed E-state index contributed by atoms with van der Waals surface area (Å²) >= 11 is 0. The number of carbonyl (C=O) groups is 2. The van der Waals surface area contributed by atoms with E-state index >= 15 is 0 Å². The number of esters is 1. The zero-order valence-corrected chi connectivity index (χ0v) is 18.2. The quantitative estimate of drug-likeness (QED) is 0.262. The third kappa shape index (κ3) is 7.62. The molecule has 0 saturated heterocycles. The molecule has 0 bridgehead atoms. The molecule has 1 atom stereocenters. The first-order valence-electron chi connectivity index (χ1n) is 9.93. The maximum absolute atomic E-state index is 12.7. The summed E-state index contributed by atoms with van der Waals surface area (Å²) in [6, 6.07) is 15.1. The lowest BCUT2D eigenvalue weighted by molar-refractivity contribution is -0.134. The highest BCUT2D eigenvalue weighted by molar-refractivity contribution is 7.89. The van der Waals surface area contributed by atoms with Crippen LogP contribution < -0.4 is 15.2 Å². The lowest BCUT2D eigenvalue weighted by atomic mass is 10.1. The predicted octanol–water partition coefficient (Wildman–Crippen LogP) is 2.69. The van der Waals surface area contributed by atoms with Crippen LogP contribution in [0.15, 0.2) is 54.6 Å². The highest BCUT2D eigenvalue weighted by atomic mass is 32.2. The Morgan fingerprint density at radius 2 is 1.71 bits per heavy atom. The molecule has 0 aliphatic rings. The zero-order valence-electron chi connectivity index (χ0n) is 17.3. The van der Waals surface area contributed by atoms with Crippen LogP contribution in [-0.4, -0.2) is 32.6 Å². The van der Waals surface area contributed by atoms with E-state index < -0.39 is 33.7 Å². The average Bonchev–Trinajstić information content (AvgIpc) is 2.74. The lowest BCUT2D eigenvalue weighted by Crippen LogP contribution is -2.36. The molecule has 0 spiro atoms. The van der Waals surface area contributed by atoms with E-state index in [1.807, 2.05) is 6.92 Å². The highest BCUT2D eigenvalue weighted by Gasteiger charge is 2.28. The molecule has 0 saturated carbocycles. The molecule has 0 aliphatic carbocycles. The Balaban J connectivity index is 2.04. The van der Waals surface area contributed by atoms with E-state index in [9.17, 15) is 18.0 Å². The number of carbonyl (C=O) groups excluding carboxylic acids is 2. The van der Waals surface area contributed by atoms with Gasteiger partial charge >= 0.3 is 5.97 Å². The van der Waals surface area contributed by atoms with Gasteiger partial charge in [0.2, 0.25) is 15.9 Å². The minimum atomic E-state index is -3.94. The fraction of sp³-hybridized carbons (Fsp3) is 0.318. The standard InChI is InChI=1S/C22H27N3O5S/c1-2-6-19(23)16-9-11-18(12-10-16)30-22(27)14-13-20(17-7-4-3-5-8-17)31(28,29)25-15-21(24)26/h3-5,7-12,20,23,25H,2,6,13-15H2,1H3,(H2,24,26). The Labute approximate surface area is 182 Å². The molecule has 4 N–H and O–H groups in total. The molecule has 0 heterocycles. The van der Waals surface area contributed by atoms with E-state index in [0.29, 0.717) is 23.4 Å². The van der Waals surface area contributed by atoms with Crippen molar-refractivity contribution in [1.82, 2.24) is 4.72 Å². The van der Waals surface area contributed by atoms with Crippen molar-refractivity contribution >= 4 is 27.6 Å². The van der Waals surface area contributed by atoms with Gasteiger partial charge in [0, 0.05) is 12.1 Å². The molecule has 8 nitrogen and oxygen atoms in total. The second-order valence-electron chi connectivity index (χ2n) is 7.00. The fourth-order valence-corrected chi connectivity index (χ4v) is 4.48. The number of nitrogens with one attached hydrogen (secondary N) is 2. The number of hydrogen-bond acceptors (Lipinski definition) is 6. The predicted molar refractivity (Wildman–Crippen MR) is 118 cm³/mol. The molecule has 2 aromatic rings. The highest BCUT2D eigenvalue weighted by Crippen LogP contribution is 2.27. The Hall–Kier alpha value is -3.04. The number of primary amides is 1. The third-order valence-corrected chi connectivity index (χ3v) is 6.34. The van der Waals surface area contributed by atoms with Crippen LogP contribution >= 0.6 is 0 Å². The molecule has 1 unspecified atom stereocenters. The first-order chi connectivity index (χ1) is 14.7. The summed E-state index contributed by atoms with van der Waals surface area (Å²) < 4.78 is 32.8. The van der Waals surface area contributed by atoms with Crippen LogP contribution in [0, 0.1) is 5.41 Å². The van der Waals surface area contributed by atoms with Gasteiger partial charge in [0.25, 0.3) is 0 Å². The van der Waals surface area contributed by atoms with Gasteiger partial charge in [-0.1, -0.05) is 43.7 Å². The maximum Gasteiger partial charge on any atom is 0.311 e. The van der Waals surface area contributed by atoms with E-state index in [-0.39, 0.29) is 12.8 Å². The van der Waals surface area contributed by atoms with Gasteiger partial charge in [-0.3, -0.25) is 9.59 Å². The molecule has 166 valence electrons. The largest absolute Gasteiger partial charge is 0.427 e. The van der Waals surface area contributed by atoms with E-state index in [4.69, 9.17) is 15.9 Å². The number of ether oxygens (including phenoxy) is 1. The van der Waals surface area contributed by atoms with E-state index in [1.165, 1.54) is 0 Å². The number of benzene rings is 2. The molecule has 1 amide bonds. The molecule has 2 aromatic carbocycles. The Morgan fingerprint density at radius 3 is 2.29 bits per heavy atom. The van der Waals surface area contributed by atoms with Gasteiger partial charge in [-0.2, -0.15) is 0 Å². The fourth-order valence-electron chi connectivity index (χ4n) is 2.99. The van der Waals surface area contributed by atoms with Gasteiger partial charge in [0.15, 0.2) is 0 Å². The molecule has 0 aromatic heterocycles. The number of sulfonamides is 1. The van der Waals surface area contributed by atoms with Gasteiger partial charge < -0.3 is 15.9 Å². The van der Waals surface area contributed by atoms with Crippen molar-refractivity contribution in [2.24, 2.45) is 5.73 Å². The minimum absolute atomic E-state index is 0.0316. The average molecular weight is 446 g/mol. The van der Waals surface area contributed by atoms with Crippen molar-refractivity contribution in [1.29, 1.82) is 5.41 Å². The van der Waals surface area contributed by atoms with Crippen LogP contribution in [0.25, 0.3) is 0 Å². The van der Waals surface area contributed by atoms with Crippen molar-refractivity contribution in [2.75, 3.05) is 6.54 Å². The van der Waals surface area contributed by atoms with Crippen molar-refractivity contribution in [2.45, 2.75) is 37.9 Å². The summed E-state index contributed by atoms with van der Waals surface area (Å²) in [5, 5.41) is 6.91. The second-order valence-corrected chi connectivity index (χ2v) is 8.95. The maximum atomic E-state index is 12.7. The Kier molecular flexibility index (Phi) is 8.89. The molecule has 0 fully saturated rings. The van der Waals surface area contributed by atoms with Crippen molar-refractivity contribution in [3.8, 4) is 5.75 Å². The topological polar surface area (TPSA) is 139 Å². The van der Waals surface area contributed by atoms with Crippen molar-refractivity contribution < 1.29 is 22.7 Å². The number of amides is 1. The molecule has 31 heavy (non-hydrogen) atoms. The first-order valence-corrected chi connectivity index (χ1v) is 11.5. The summed E-state index contributed by atoms with van der Waals surface area (Å²) in [7, 11) is -3.94. The van der Waals surface area contributed by atoms with Gasteiger partial charge in [-0.25, -0.2) is 13.1 Å². The monoisotopic (exact) mass is 445 g/mol. The molecule has 9 heteroatoms. The van der Waals surface area contributed by atoms with Gasteiger partial charge in [-0.15, -0.1) is 0 Å². The lowest BCUT2D eigenvalue weighted by Gasteiger charge is -2.18. The third-order valence-electron chi connectivity index (χ3n) is 4.54. The van der Waals surface area contributed by atoms with Crippen LogP contribution in [0.5, 0.6) is 5.75 Å². The number of hydrogen-bond donors (Lipinski definition) is 3. The van der Waals surface area contributed by atoms with E-state index in [0.717, 1.165) is 12.0 Å². The minimum Gasteiger partial charge on any atom is -0.427 e. The van der Waals surface area contributed by atoms with Crippen LogP contribution in [0.3, 0.4) is 0 Å². The number of rotatable bonds is 12. The molecular formula is C22H27N3O5S. The summed E-state index contributed by atoms with van der Waals surface area (Å²) in [4.78, 5) is 23.3. The van der Waals surface area contributed by atoms with Crippen LogP contribution in [0.2, 0.25) is 0 Å². The van der Waals surface area contributed by atoms with Crippen LogP contribution in [0.4, 0.5) is 0 Å². The molecule has 0 aliphatic heterocycles. The van der Waals surface area contributed by atoms with Crippen LogP contribution in [-0.2, 0) is 19.6 Å². The zero-order chi connectivity index (χ0) is 22.9. The van der Waals surface area contributed by atoms with E-state index in [2.05, 4.69) is 4.72 Å². The Bertz CT molecular complexity index is 1010. The Morgan fingerprint density at radius 1 is 1.06 bits per heavy atom. The summed E-state index contributed by atoms with van der Waals surface area (Å²) in [5.74, 6) is -1.06. The summed E-state index contributed by atoms with van der Waals surface area (Å²) in [6.07, 6.45) is 1.36. The summed E-state index contributed by atoms with van der Waals surface area (Å²) in [6.45, 7) is 1.48. The first kappa shape index (κ1) is 24.2. The van der Waals surface area contributed by atoms with Crippen molar-refractivity contribution in [3.63, 3.8) is 0 Å². The molecule has 0 radical (unpaired) electrons.